The van der Waals surface area contributed by atoms with Crippen molar-refractivity contribution >= 4 is 27.7 Å². The van der Waals surface area contributed by atoms with Crippen molar-refractivity contribution in [2.75, 3.05) is 13.2 Å². The quantitative estimate of drug-likeness (QED) is 0.767. The smallest absolute Gasteiger partial charge is 0.269 e. The van der Waals surface area contributed by atoms with Crippen molar-refractivity contribution < 1.29 is 19.1 Å². The van der Waals surface area contributed by atoms with Gasteiger partial charge in [0, 0.05) is 16.5 Å². The summed E-state index contributed by atoms with van der Waals surface area (Å²) in [5.41, 5.74) is 6.26. The molecule has 2 amide bonds. The Morgan fingerprint density at radius 2 is 1.80 bits per heavy atom. The Morgan fingerprint density at radius 1 is 1.00 bits per heavy atom. The molecule has 3 rings (SSSR count). The molecule has 0 saturated heterocycles. The Balaban J connectivity index is 1.49. The molecule has 2 N–H and O–H groups in total. The van der Waals surface area contributed by atoms with E-state index in [1.165, 1.54) is 0 Å². The van der Waals surface area contributed by atoms with Crippen LogP contribution in [0, 0.1) is 0 Å². The number of hydrazine groups is 1. The van der Waals surface area contributed by atoms with E-state index in [9.17, 15) is 9.59 Å². The lowest BCUT2D eigenvalue weighted by atomic mass is 10.1. The van der Waals surface area contributed by atoms with Crippen LogP contribution in [0.3, 0.4) is 0 Å². The molecule has 6 nitrogen and oxygen atoms in total. The second kappa shape index (κ2) is 8.02. The van der Waals surface area contributed by atoms with Gasteiger partial charge in [0.1, 0.15) is 13.2 Å². The zero-order valence-electron chi connectivity index (χ0n) is 13.4. The number of benzene rings is 2. The lowest BCUT2D eigenvalue weighted by molar-refractivity contribution is -0.121. The topological polar surface area (TPSA) is 76.7 Å². The maximum atomic E-state index is 12.1. The van der Waals surface area contributed by atoms with Crippen molar-refractivity contribution in [2.45, 2.75) is 12.8 Å². The van der Waals surface area contributed by atoms with E-state index < -0.39 is 5.91 Å². The van der Waals surface area contributed by atoms with Crippen LogP contribution in [-0.4, -0.2) is 25.0 Å². The second-order valence-corrected chi connectivity index (χ2v) is 6.41. The van der Waals surface area contributed by atoms with Crippen LogP contribution in [0.25, 0.3) is 0 Å². The Bertz CT molecular complexity index is 794. The molecule has 0 aliphatic carbocycles. The van der Waals surface area contributed by atoms with Crippen LogP contribution >= 0.6 is 15.9 Å². The molecule has 0 unspecified atom stereocenters. The van der Waals surface area contributed by atoms with Crippen molar-refractivity contribution in [3.05, 3.63) is 58.1 Å². The first-order chi connectivity index (χ1) is 12.1. The first-order valence-corrected chi connectivity index (χ1v) is 8.64. The van der Waals surface area contributed by atoms with Gasteiger partial charge in [0.25, 0.3) is 5.91 Å². The minimum Gasteiger partial charge on any atom is -0.486 e. The number of carbonyl (C=O) groups is 2. The van der Waals surface area contributed by atoms with E-state index in [4.69, 9.17) is 9.47 Å². The van der Waals surface area contributed by atoms with Gasteiger partial charge in [-0.3, -0.25) is 20.4 Å². The zero-order valence-corrected chi connectivity index (χ0v) is 15.0. The average Bonchev–Trinajstić information content (AvgIpc) is 2.64. The summed E-state index contributed by atoms with van der Waals surface area (Å²) in [6.07, 6.45) is 0.864. The van der Waals surface area contributed by atoms with E-state index in [1.807, 2.05) is 24.3 Å². The van der Waals surface area contributed by atoms with E-state index in [-0.39, 0.29) is 12.3 Å². The number of halogens is 1. The van der Waals surface area contributed by atoms with Gasteiger partial charge in [-0.05, 0) is 42.3 Å². The first-order valence-electron chi connectivity index (χ1n) is 7.85. The van der Waals surface area contributed by atoms with Crippen LogP contribution in [0.15, 0.2) is 46.9 Å². The summed E-state index contributed by atoms with van der Waals surface area (Å²) in [5.74, 6) is 0.472. The summed E-state index contributed by atoms with van der Waals surface area (Å²) < 4.78 is 11.8. The van der Waals surface area contributed by atoms with Crippen molar-refractivity contribution in [2.24, 2.45) is 0 Å². The molecule has 1 heterocycles. The molecule has 1 aliphatic heterocycles. The fraction of sp³-hybridized carbons (Fsp3) is 0.222. The number of fused-ring (bicyclic) bond motifs is 1. The highest BCUT2D eigenvalue weighted by Gasteiger charge is 2.15. The number of ether oxygens (including phenoxy) is 2. The van der Waals surface area contributed by atoms with Crippen LogP contribution in [-0.2, 0) is 11.2 Å². The molecule has 2 aromatic rings. The Labute approximate surface area is 153 Å². The summed E-state index contributed by atoms with van der Waals surface area (Å²) in [6, 6.07) is 12.7. The molecular weight excluding hydrogens is 388 g/mol. The average molecular weight is 405 g/mol. The second-order valence-electron chi connectivity index (χ2n) is 5.49. The van der Waals surface area contributed by atoms with Crippen LogP contribution in [0.1, 0.15) is 22.3 Å². The summed E-state index contributed by atoms with van der Waals surface area (Å²) >= 11 is 3.39. The molecule has 0 bridgehead atoms. The van der Waals surface area contributed by atoms with E-state index in [1.54, 1.807) is 18.2 Å². The SMILES string of the molecule is O=C(CCc1cccc(Br)c1)NNC(=O)c1ccc2c(c1)OCCO2. The normalized spacial score (nSPS) is 12.4. The minimum atomic E-state index is -0.409. The van der Waals surface area contributed by atoms with Gasteiger partial charge in [-0.1, -0.05) is 28.1 Å². The van der Waals surface area contributed by atoms with Crippen LogP contribution in [0.5, 0.6) is 11.5 Å². The number of hydrogen-bond acceptors (Lipinski definition) is 4. The lowest BCUT2D eigenvalue weighted by Gasteiger charge is -2.18. The number of nitrogens with one attached hydrogen (secondary N) is 2. The predicted molar refractivity (Wildman–Crippen MR) is 95.5 cm³/mol. The first kappa shape index (κ1) is 17.3. The largest absolute Gasteiger partial charge is 0.486 e. The zero-order chi connectivity index (χ0) is 17.6. The van der Waals surface area contributed by atoms with Crippen LogP contribution in [0.2, 0.25) is 0 Å². The van der Waals surface area contributed by atoms with Gasteiger partial charge in [-0.25, -0.2) is 0 Å². The molecule has 130 valence electrons. The standard InChI is InChI=1S/C18H17BrN2O4/c19-14-3-1-2-12(10-14)4-7-17(22)20-21-18(23)13-5-6-15-16(11-13)25-9-8-24-15/h1-3,5-6,10-11H,4,7-9H2,(H,20,22)(H,21,23). The number of aryl methyl sites for hydroxylation is 1. The fourth-order valence-corrected chi connectivity index (χ4v) is 2.84. The van der Waals surface area contributed by atoms with E-state index >= 15 is 0 Å². The van der Waals surface area contributed by atoms with Crippen LogP contribution in [0.4, 0.5) is 0 Å². The van der Waals surface area contributed by atoms with Crippen molar-refractivity contribution in [3.63, 3.8) is 0 Å². The third kappa shape index (κ3) is 4.73. The third-order valence-corrected chi connectivity index (χ3v) is 4.14. The third-order valence-electron chi connectivity index (χ3n) is 3.65. The molecule has 7 heteroatoms. The maximum Gasteiger partial charge on any atom is 0.269 e. The Hall–Kier alpha value is -2.54. The summed E-state index contributed by atoms with van der Waals surface area (Å²) in [4.78, 5) is 24.0. The van der Waals surface area contributed by atoms with E-state index in [2.05, 4.69) is 26.8 Å². The number of amides is 2. The van der Waals surface area contributed by atoms with E-state index in [0.717, 1.165) is 10.0 Å². The highest BCUT2D eigenvalue weighted by Crippen LogP contribution is 2.30. The molecule has 1 aliphatic rings. The molecule has 0 fully saturated rings. The molecule has 0 aromatic heterocycles. The van der Waals surface area contributed by atoms with Gasteiger partial charge >= 0.3 is 0 Å². The van der Waals surface area contributed by atoms with E-state index in [0.29, 0.717) is 36.7 Å². The minimum absolute atomic E-state index is 0.258. The fourth-order valence-electron chi connectivity index (χ4n) is 2.40. The summed E-state index contributed by atoms with van der Waals surface area (Å²) in [7, 11) is 0. The Kier molecular flexibility index (Phi) is 5.55. The Morgan fingerprint density at radius 3 is 2.60 bits per heavy atom. The van der Waals surface area contributed by atoms with Crippen molar-refractivity contribution in [3.8, 4) is 11.5 Å². The molecule has 2 aromatic carbocycles. The van der Waals surface area contributed by atoms with Gasteiger partial charge < -0.3 is 9.47 Å². The molecule has 0 atom stereocenters. The van der Waals surface area contributed by atoms with Crippen molar-refractivity contribution in [1.82, 2.24) is 10.9 Å². The van der Waals surface area contributed by atoms with Gasteiger partial charge in [0.15, 0.2) is 11.5 Å². The summed E-state index contributed by atoms with van der Waals surface area (Å²) in [5, 5.41) is 0. The molecule has 25 heavy (non-hydrogen) atoms. The highest BCUT2D eigenvalue weighted by molar-refractivity contribution is 9.10. The predicted octanol–water partition coefficient (Wildman–Crippen LogP) is 2.61. The number of rotatable bonds is 4. The summed E-state index contributed by atoms with van der Waals surface area (Å²) in [6.45, 7) is 0.941. The molecule has 0 saturated carbocycles. The van der Waals surface area contributed by atoms with Gasteiger partial charge in [0.2, 0.25) is 5.91 Å². The monoisotopic (exact) mass is 404 g/mol. The van der Waals surface area contributed by atoms with Gasteiger partial charge in [0.05, 0.1) is 0 Å². The number of carbonyl (C=O) groups excluding carboxylic acids is 2. The molecule has 0 radical (unpaired) electrons. The molecular formula is C18H17BrN2O4. The lowest BCUT2D eigenvalue weighted by Crippen LogP contribution is -2.41. The maximum absolute atomic E-state index is 12.1. The van der Waals surface area contributed by atoms with Crippen LogP contribution < -0.4 is 20.3 Å². The molecule has 0 spiro atoms. The highest BCUT2D eigenvalue weighted by atomic mass is 79.9. The van der Waals surface area contributed by atoms with Crippen molar-refractivity contribution in [1.29, 1.82) is 0 Å². The van der Waals surface area contributed by atoms with Gasteiger partial charge in [-0.15, -0.1) is 0 Å². The van der Waals surface area contributed by atoms with Gasteiger partial charge in [-0.2, -0.15) is 0 Å². The number of hydrogen-bond donors (Lipinski definition) is 2.